The smallest absolute Gasteiger partial charge is 0.342 e. The molecular formula is C16H16ClN3O3S. The highest BCUT2D eigenvalue weighted by Crippen LogP contribution is 2.47. The molecular weight excluding hydrogens is 350 g/mol. The van der Waals surface area contributed by atoms with E-state index in [0.717, 1.165) is 16.3 Å². The van der Waals surface area contributed by atoms with Crippen LogP contribution >= 0.6 is 23.4 Å². The molecule has 1 unspecified atom stereocenters. The van der Waals surface area contributed by atoms with E-state index in [9.17, 15) is 4.79 Å². The summed E-state index contributed by atoms with van der Waals surface area (Å²) in [5.74, 6) is -0.451. The molecule has 126 valence electrons. The van der Waals surface area contributed by atoms with Crippen LogP contribution in [0, 0.1) is 0 Å². The van der Waals surface area contributed by atoms with Crippen molar-refractivity contribution in [2.75, 3.05) is 19.1 Å². The Morgan fingerprint density at radius 2 is 2.12 bits per heavy atom. The maximum absolute atomic E-state index is 12.1. The third-order valence-electron chi connectivity index (χ3n) is 3.66. The Hall–Kier alpha value is -2.12. The molecule has 3 rings (SSSR count). The van der Waals surface area contributed by atoms with E-state index < -0.39 is 5.97 Å². The van der Waals surface area contributed by atoms with Crippen LogP contribution < -0.4 is 4.90 Å². The van der Waals surface area contributed by atoms with Crippen molar-refractivity contribution in [1.82, 2.24) is 5.01 Å². The molecule has 0 saturated heterocycles. The van der Waals surface area contributed by atoms with E-state index in [2.05, 4.69) is 5.10 Å². The molecule has 0 N–H and O–H groups in total. The first-order chi connectivity index (χ1) is 11.6. The summed E-state index contributed by atoms with van der Waals surface area (Å²) >= 11 is 7.79. The van der Waals surface area contributed by atoms with E-state index in [0.29, 0.717) is 10.6 Å². The summed E-state index contributed by atoms with van der Waals surface area (Å²) in [5, 5.41) is 6.91. The molecule has 0 saturated carbocycles. The molecule has 1 atom stereocenters. The van der Waals surface area contributed by atoms with E-state index in [-0.39, 0.29) is 5.50 Å². The molecule has 2 heterocycles. The average molecular weight is 366 g/mol. The van der Waals surface area contributed by atoms with Gasteiger partial charge >= 0.3 is 5.97 Å². The van der Waals surface area contributed by atoms with Crippen LogP contribution in [0.25, 0.3) is 0 Å². The zero-order chi connectivity index (χ0) is 17.3. The molecule has 0 aromatic heterocycles. The fraction of sp³-hybridized carbons (Fsp3) is 0.250. The van der Waals surface area contributed by atoms with Gasteiger partial charge in [-0.05, 0) is 19.1 Å². The Kier molecular flexibility index (Phi) is 4.73. The molecule has 0 radical (unpaired) electrons. The van der Waals surface area contributed by atoms with Gasteiger partial charge in [0, 0.05) is 4.91 Å². The van der Waals surface area contributed by atoms with Crippen molar-refractivity contribution in [2.24, 2.45) is 5.10 Å². The van der Waals surface area contributed by atoms with Crippen LogP contribution in [0.5, 0.6) is 0 Å². The summed E-state index contributed by atoms with van der Waals surface area (Å²) in [6.07, 6.45) is 3.13. The maximum Gasteiger partial charge on any atom is 0.342 e. The third kappa shape index (κ3) is 2.74. The number of methoxy groups -OCH3 is 2. The van der Waals surface area contributed by atoms with E-state index in [1.165, 1.54) is 32.2 Å². The molecule has 0 fully saturated rings. The van der Waals surface area contributed by atoms with Crippen molar-refractivity contribution >= 4 is 41.4 Å². The molecule has 1 aromatic carbocycles. The summed E-state index contributed by atoms with van der Waals surface area (Å²) in [7, 11) is 2.84. The highest BCUT2D eigenvalue weighted by molar-refractivity contribution is 8.04. The van der Waals surface area contributed by atoms with Gasteiger partial charge in [-0.1, -0.05) is 35.5 Å². The second-order valence-electron chi connectivity index (χ2n) is 5.05. The van der Waals surface area contributed by atoms with Crippen LogP contribution in [0.1, 0.15) is 6.92 Å². The van der Waals surface area contributed by atoms with Crippen LogP contribution in [-0.2, 0) is 14.3 Å². The lowest BCUT2D eigenvalue weighted by Crippen LogP contribution is -2.33. The summed E-state index contributed by atoms with van der Waals surface area (Å²) in [6.45, 7) is 1.90. The third-order valence-corrected chi connectivity index (χ3v) is 5.37. The van der Waals surface area contributed by atoms with Crippen molar-refractivity contribution < 1.29 is 14.3 Å². The minimum atomic E-state index is -0.451. The summed E-state index contributed by atoms with van der Waals surface area (Å²) in [5.41, 5.74) is 1.92. The molecule has 0 aliphatic carbocycles. The lowest BCUT2D eigenvalue weighted by Gasteiger charge is -2.25. The fourth-order valence-corrected chi connectivity index (χ4v) is 4.08. The molecule has 24 heavy (non-hydrogen) atoms. The Labute approximate surface area is 149 Å². The van der Waals surface area contributed by atoms with Crippen LogP contribution in [0.3, 0.4) is 0 Å². The lowest BCUT2D eigenvalue weighted by molar-refractivity contribution is -0.135. The molecule has 2 aliphatic rings. The number of thioether (sulfide) groups is 1. The van der Waals surface area contributed by atoms with Crippen LogP contribution in [0.2, 0.25) is 5.02 Å². The SMILES string of the molecule is COC=C(C(=O)OC)C1=C(C)N2N=CN(c3ccccc3Cl)C2S1. The normalized spacial score (nSPS) is 19.8. The van der Waals surface area contributed by atoms with Gasteiger partial charge in [0.05, 0.1) is 36.9 Å². The van der Waals surface area contributed by atoms with Gasteiger partial charge in [-0.2, -0.15) is 5.10 Å². The van der Waals surface area contributed by atoms with Crippen molar-refractivity contribution in [2.45, 2.75) is 12.4 Å². The molecule has 1 aromatic rings. The largest absolute Gasteiger partial charge is 0.503 e. The molecule has 0 spiro atoms. The fourth-order valence-electron chi connectivity index (χ4n) is 2.52. The topological polar surface area (TPSA) is 54.4 Å². The number of nitrogens with zero attached hydrogens (tertiary/aromatic N) is 3. The molecule has 0 amide bonds. The highest BCUT2D eigenvalue weighted by atomic mass is 35.5. The number of hydrogen-bond donors (Lipinski definition) is 0. The zero-order valence-electron chi connectivity index (χ0n) is 13.4. The van der Waals surface area contributed by atoms with E-state index in [1.807, 2.05) is 41.1 Å². The number of ether oxygens (including phenoxy) is 2. The van der Waals surface area contributed by atoms with Crippen LogP contribution in [0.4, 0.5) is 5.69 Å². The highest BCUT2D eigenvalue weighted by Gasteiger charge is 2.41. The zero-order valence-corrected chi connectivity index (χ0v) is 15.0. The van der Waals surface area contributed by atoms with Crippen molar-refractivity contribution in [3.05, 3.63) is 51.7 Å². The van der Waals surface area contributed by atoms with Gasteiger partial charge in [-0.3, -0.25) is 4.90 Å². The number of allylic oxidation sites excluding steroid dienone is 1. The maximum atomic E-state index is 12.1. The van der Waals surface area contributed by atoms with Crippen molar-refractivity contribution in [1.29, 1.82) is 0 Å². The van der Waals surface area contributed by atoms with E-state index >= 15 is 0 Å². The number of esters is 1. The number of benzene rings is 1. The van der Waals surface area contributed by atoms with Gasteiger partial charge in [0.1, 0.15) is 11.9 Å². The number of hydrogen-bond acceptors (Lipinski definition) is 7. The predicted molar refractivity (Wildman–Crippen MR) is 95.4 cm³/mol. The number of rotatable bonds is 4. The average Bonchev–Trinajstić information content (AvgIpc) is 3.13. The first kappa shape index (κ1) is 16.7. The van der Waals surface area contributed by atoms with Gasteiger partial charge < -0.3 is 9.47 Å². The Balaban J connectivity index is 1.93. The minimum Gasteiger partial charge on any atom is -0.503 e. The van der Waals surface area contributed by atoms with Gasteiger partial charge in [-0.25, -0.2) is 9.80 Å². The number of anilines is 1. The number of fused-ring (bicyclic) bond motifs is 1. The predicted octanol–water partition coefficient (Wildman–Crippen LogP) is 3.37. The van der Waals surface area contributed by atoms with E-state index in [4.69, 9.17) is 21.1 Å². The summed E-state index contributed by atoms with van der Waals surface area (Å²) in [4.78, 5) is 14.8. The first-order valence-corrected chi connectivity index (χ1v) is 8.39. The Morgan fingerprint density at radius 3 is 2.79 bits per heavy atom. The number of para-hydroxylation sites is 1. The number of hydrazone groups is 1. The molecule has 6 nitrogen and oxygen atoms in total. The molecule has 8 heteroatoms. The van der Waals surface area contributed by atoms with Crippen LogP contribution in [-0.4, -0.2) is 37.0 Å². The summed E-state index contributed by atoms with van der Waals surface area (Å²) < 4.78 is 9.89. The minimum absolute atomic E-state index is 0.148. The summed E-state index contributed by atoms with van der Waals surface area (Å²) in [6, 6.07) is 7.56. The number of carbonyl (C=O) groups is 1. The monoisotopic (exact) mass is 365 g/mol. The standard InChI is InChI=1S/C16H16ClN3O3S/c1-10-14(11(8-22-2)15(21)23-3)24-16-19(9-18-20(10)16)13-7-5-4-6-12(13)17/h4-9,16H,1-3H3. The van der Waals surface area contributed by atoms with Crippen molar-refractivity contribution in [3.8, 4) is 0 Å². The molecule has 2 aliphatic heterocycles. The molecule has 0 bridgehead atoms. The second-order valence-corrected chi connectivity index (χ2v) is 6.52. The van der Waals surface area contributed by atoms with Crippen LogP contribution in [0.15, 0.2) is 51.8 Å². The Morgan fingerprint density at radius 1 is 1.38 bits per heavy atom. The van der Waals surface area contributed by atoms with Gasteiger partial charge in [-0.15, -0.1) is 0 Å². The second kappa shape index (κ2) is 6.78. The van der Waals surface area contributed by atoms with Crippen molar-refractivity contribution in [3.63, 3.8) is 0 Å². The number of carbonyl (C=O) groups excluding carboxylic acids is 1. The quantitative estimate of drug-likeness (QED) is 0.463. The van der Waals surface area contributed by atoms with Gasteiger partial charge in [0.15, 0.2) is 5.50 Å². The Bertz CT molecular complexity index is 763. The number of halogens is 1. The first-order valence-electron chi connectivity index (χ1n) is 7.14. The van der Waals surface area contributed by atoms with Gasteiger partial charge in [0.2, 0.25) is 0 Å². The van der Waals surface area contributed by atoms with E-state index in [1.54, 1.807) is 6.34 Å². The lowest BCUT2D eigenvalue weighted by atomic mass is 10.2. The van der Waals surface area contributed by atoms with Gasteiger partial charge in [0.25, 0.3) is 0 Å².